The van der Waals surface area contributed by atoms with Crippen LogP contribution in [-0.2, 0) is 14.6 Å². The van der Waals surface area contributed by atoms with Gasteiger partial charge in [0.25, 0.3) is 0 Å². The predicted octanol–water partition coefficient (Wildman–Crippen LogP) is 5.56. The van der Waals surface area contributed by atoms with Crippen LogP contribution in [0.1, 0.15) is 70.3 Å². The van der Waals surface area contributed by atoms with E-state index in [1.807, 2.05) is 13.0 Å². The van der Waals surface area contributed by atoms with Crippen molar-refractivity contribution in [2.24, 2.45) is 35.0 Å². The molecule has 4 aliphatic carbocycles. The molecule has 0 aromatic heterocycles. The Hall–Kier alpha value is -1.86. The average Bonchev–Trinajstić information content (AvgIpc) is 3.08. The van der Waals surface area contributed by atoms with Gasteiger partial charge in [-0.3, -0.25) is 4.79 Å². The number of ketones is 1. The van der Waals surface area contributed by atoms with Crippen LogP contribution in [0.15, 0.2) is 40.8 Å². The maximum atomic E-state index is 12.2. The topological polar surface area (TPSA) is 51.2 Å². The Labute approximate surface area is 193 Å². The summed E-state index contributed by atoms with van der Waals surface area (Å²) in [6, 6.07) is 7.69. The third-order valence-electron chi connectivity index (χ3n) is 9.36. The van der Waals surface area contributed by atoms with E-state index < -0.39 is 9.84 Å². The van der Waals surface area contributed by atoms with Gasteiger partial charge in [-0.05, 0) is 104 Å². The van der Waals surface area contributed by atoms with Crippen molar-refractivity contribution >= 4 is 15.6 Å². The van der Waals surface area contributed by atoms with Gasteiger partial charge >= 0.3 is 0 Å². The van der Waals surface area contributed by atoms with Gasteiger partial charge in [0.15, 0.2) is 15.6 Å². The summed E-state index contributed by atoms with van der Waals surface area (Å²) in [6.45, 7) is 4.43. The third-order valence-corrected chi connectivity index (χ3v) is 10.5. The fourth-order valence-electron chi connectivity index (χ4n) is 8.02. The minimum Gasteiger partial charge on any atom is -0.295 e. The van der Waals surface area contributed by atoms with Crippen LogP contribution < -0.4 is 0 Å². The zero-order chi connectivity index (χ0) is 22.7. The van der Waals surface area contributed by atoms with E-state index >= 15 is 0 Å². The molecule has 0 bridgehead atoms. The third kappa shape index (κ3) is 3.48. The van der Waals surface area contributed by atoms with Crippen LogP contribution in [0.5, 0.6) is 0 Å². The van der Waals surface area contributed by atoms with E-state index in [-0.39, 0.29) is 5.41 Å². The van der Waals surface area contributed by atoms with Crippen LogP contribution in [0.2, 0.25) is 0 Å². The lowest BCUT2D eigenvalue weighted by Gasteiger charge is -2.57. The Morgan fingerprint density at radius 2 is 1.75 bits per heavy atom. The van der Waals surface area contributed by atoms with Gasteiger partial charge in [0.2, 0.25) is 0 Å². The van der Waals surface area contributed by atoms with E-state index in [9.17, 15) is 13.2 Å². The highest BCUT2D eigenvalue weighted by molar-refractivity contribution is 7.90. The molecule has 0 amide bonds. The van der Waals surface area contributed by atoms with Gasteiger partial charge in [0, 0.05) is 18.6 Å². The zero-order valence-electron chi connectivity index (χ0n) is 19.4. The van der Waals surface area contributed by atoms with E-state index in [0.29, 0.717) is 52.6 Å². The molecule has 32 heavy (non-hydrogen) atoms. The van der Waals surface area contributed by atoms with Crippen molar-refractivity contribution in [3.63, 3.8) is 0 Å². The SMILES string of the molecule is CC#C[C@@H]1CC[C@H]2[C@@H]3CCC4=CC(=O)CC[C@@H]4[C@H]3[C@@H](c3ccc(S(C)(=O)=O)cc3)C[C@]12C. The first-order chi connectivity index (χ1) is 15.2. The lowest BCUT2D eigenvalue weighted by molar-refractivity contribution is -0.116. The van der Waals surface area contributed by atoms with Crippen molar-refractivity contribution in [3.05, 3.63) is 41.5 Å². The van der Waals surface area contributed by atoms with Crippen molar-refractivity contribution < 1.29 is 13.2 Å². The average molecular weight is 451 g/mol. The normalized spacial score (nSPS) is 38.6. The van der Waals surface area contributed by atoms with Crippen molar-refractivity contribution in [1.82, 2.24) is 0 Å². The molecule has 1 aromatic rings. The van der Waals surface area contributed by atoms with Crippen molar-refractivity contribution in [2.45, 2.75) is 69.6 Å². The molecule has 170 valence electrons. The Bertz CT molecular complexity index is 1120. The number of carbonyl (C=O) groups excluding carboxylic acids is 1. The van der Waals surface area contributed by atoms with Crippen LogP contribution in [0.25, 0.3) is 0 Å². The van der Waals surface area contributed by atoms with Crippen LogP contribution in [0.4, 0.5) is 0 Å². The second kappa shape index (κ2) is 7.87. The molecule has 0 unspecified atom stereocenters. The molecule has 4 aliphatic rings. The fourth-order valence-corrected chi connectivity index (χ4v) is 8.65. The number of hydrogen-bond donors (Lipinski definition) is 0. The Balaban J connectivity index is 1.59. The second-order valence-corrected chi connectivity index (χ2v) is 12.9. The molecule has 4 heteroatoms. The van der Waals surface area contributed by atoms with Crippen LogP contribution >= 0.6 is 0 Å². The number of fused-ring (bicyclic) bond motifs is 5. The first-order valence-electron chi connectivity index (χ1n) is 12.2. The van der Waals surface area contributed by atoms with Crippen LogP contribution in [0, 0.1) is 46.8 Å². The summed E-state index contributed by atoms with van der Waals surface area (Å²) in [5, 5.41) is 0. The summed E-state index contributed by atoms with van der Waals surface area (Å²) in [5.41, 5.74) is 2.85. The number of carbonyl (C=O) groups is 1. The first-order valence-corrected chi connectivity index (χ1v) is 14.1. The van der Waals surface area contributed by atoms with E-state index in [1.165, 1.54) is 36.7 Å². The number of hydrogen-bond acceptors (Lipinski definition) is 3. The molecule has 7 atom stereocenters. The zero-order valence-corrected chi connectivity index (χ0v) is 20.3. The molecule has 0 saturated heterocycles. The van der Waals surface area contributed by atoms with E-state index in [4.69, 9.17) is 0 Å². The predicted molar refractivity (Wildman–Crippen MR) is 127 cm³/mol. The molecule has 3 nitrogen and oxygen atoms in total. The lowest BCUT2D eigenvalue weighted by Crippen LogP contribution is -2.49. The fraction of sp³-hybridized carbons (Fsp3) is 0.607. The summed E-state index contributed by atoms with van der Waals surface area (Å²) < 4.78 is 24.1. The summed E-state index contributed by atoms with van der Waals surface area (Å²) in [7, 11) is -3.21. The first kappa shape index (κ1) is 22.0. The van der Waals surface area contributed by atoms with Crippen LogP contribution in [-0.4, -0.2) is 20.5 Å². The molecule has 0 spiro atoms. The highest BCUT2D eigenvalue weighted by Gasteiger charge is 2.59. The van der Waals surface area contributed by atoms with Crippen LogP contribution in [0.3, 0.4) is 0 Å². The van der Waals surface area contributed by atoms with Gasteiger partial charge < -0.3 is 0 Å². The molecule has 1 aromatic carbocycles. The number of sulfone groups is 1. The second-order valence-electron chi connectivity index (χ2n) is 10.9. The molecule has 5 rings (SSSR count). The van der Waals surface area contributed by atoms with Gasteiger partial charge in [-0.2, -0.15) is 0 Å². The minimum absolute atomic E-state index is 0.204. The number of rotatable bonds is 2. The molecule has 3 saturated carbocycles. The summed E-state index contributed by atoms with van der Waals surface area (Å²) in [4.78, 5) is 12.6. The summed E-state index contributed by atoms with van der Waals surface area (Å²) in [5.74, 6) is 10.3. The quantitative estimate of drug-likeness (QED) is 0.554. The van der Waals surface area contributed by atoms with Crippen molar-refractivity contribution in [3.8, 4) is 11.8 Å². The molecule has 3 fully saturated rings. The summed E-state index contributed by atoms with van der Waals surface area (Å²) >= 11 is 0. The van der Waals surface area contributed by atoms with E-state index in [2.05, 4.69) is 30.9 Å². The minimum atomic E-state index is -3.21. The molecule has 0 heterocycles. The highest BCUT2D eigenvalue weighted by atomic mass is 32.2. The highest BCUT2D eigenvalue weighted by Crippen LogP contribution is 2.67. The molecular weight excluding hydrogens is 416 g/mol. The maximum Gasteiger partial charge on any atom is 0.175 e. The van der Waals surface area contributed by atoms with Crippen molar-refractivity contribution in [1.29, 1.82) is 0 Å². The molecular formula is C28H34O3S. The molecule has 0 N–H and O–H groups in total. The van der Waals surface area contributed by atoms with Gasteiger partial charge in [-0.15, -0.1) is 5.92 Å². The Morgan fingerprint density at radius 1 is 1.00 bits per heavy atom. The summed E-state index contributed by atoms with van der Waals surface area (Å²) in [6.07, 6.45) is 10.7. The number of benzene rings is 1. The van der Waals surface area contributed by atoms with Gasteiger partial charge in [0.1, 0.15) is 0 Å². The molecule has 0 radical (unpaired) electrons. The lowest BCUT2D eigenvalue weighted by atomic mass is 9.47. The van der Waals surface area contributed by atoms with Gasteiger partial charge in [-0.25, -0.2) is 8.42 Å². The van der Waals surface area contributed by atoms with E-state index in [0.717, 1.165) is 19.3 Å². The Kier molecular flexibility index (Phi) is 5.40. The number of allylic oxidation sites excluding steroid dienone is 1. The standard InChI is InChI=1S/C28H34O3S/c1-4-5-20-9-15-26-24-13-8-19-16-21(29)10-14-23(19)27(24)25(17-28(20,26)2)18-6-11-22(12-7-18)32(3,30)31/h6-7,11-12,16,20,23-27H,8-10,13-15,17H2,1-3H3/t20-,23+,24+,25-,26+,27-,28-/m1/s1. The van der Waals surface area contributed by atoms with Gasteiger partial charge in [-0.1, -0.05) is 30.6 Å². The monoisotopic (exact) mass is 450 g/mol. The van der Waals surface area contributed by atoms with Crippen molar-refractivity contribution in [2.75, 3.05) is 6.26 Å². The Morgan fingerprint density at radius 3 is 2.44 bits per heavy atom. The van der Waals surface area contributed by atoms with Gasteiger partial charge in [0.05, 0.1) is 4.90 Å². The smallest absolute Gasteiger partial charge is 0.175 e. The maximum absolute atomic E-state index is 12.2. The van der Waals surface area contributed by atoms with E-state index in [1.54, 1.807) is 12.1 Å². The molecule has 0 aliphatic heterocycles. The largest absolute Gasteiger partial charge is 0.295 e.